The minimum absolute atomic E-state index is 0.154. The molecule has 0 atom stereocenters. The average Bonchev–Trinajstić information content (AvgIpc) is 2.65. The van der Waals surface area contributed by atoms with Gasteiger partial charge in [-0.25, -0.2) is 9.78 Å². The van der Waals surface area contributed by atoms with Crippen LogP contribution in [0.25, 0.3) is 11.0 Å². The lowest BCUT2D eigenvalue weighted by atomic mass is 10.2. The van der Waals surface area contributed by atoms with Gasteiger partial charge in [-0.05, 0) is 28.7 Å². The number of esters is 1. The Hall–Kier alpha value is -0.820. The van der Waals surface area contributed by atoms with E-state index < -0.39 is 5.97 Å². The predicted molar refractivity (Wildman–Crippen MR) is 65.2 cm³/mol. The minimum Gasteiger partial charge on any atom is -0.465 e. The van der Waals surface area contributed by atoms with Crippen molar-refractivity contribution >= 4 is 51.2 Å². The van der Waals surface area contributed by atoms with Gasteiger partial charge in [0.1, 0.15) is 16.4 Å². The van der Waals surface area contributed by atoms with Gasteiger partial charge in [-0.15, -0.1) is 0 Å². The van der Waals surface area contributed by atoms with Gasteiger partial charge in [-0.3, -0.25) is 0 Å². The summed E-state index contributed by atoms with van der Waals surface area (Å²) >= 11 is 7.96. The number of ether oxygens (including phenoxy) is 1. The highest BCUT2D eigenvalue weighted by Gasteiger charge is 2.19. The molecule has 0 fully saturated rings. The number of halogens is 2. The molecule has 4 nitrogen and oxygen atoms in total. The summed E-state index contributed by atoms with van der Waals surface area (Å²) in [6, 6.07) is 1.84. The lowest BCUT2D eigenvalue weighted by Crippen LogP contribution is -2.06. The summed E-state index contributed by atoms with van der Waals surface area (Å²) in [7, 11) is 1.32. The zero-order valence-electron chi connectivity index (χ0n) is 7.67. The van der Waals surface area contributed by atoms with E-state index in [0.29, 0.717) is 11.2 Å². The van der Waals surface area contributed by atoms with Crippen LogP contribution >= 0.6 is 34.2 Å². The average molecular weight is 337 g/mol. The molecular formula is C9H6ClIN2O2. The fourth-order valence-corrected chi connectivity index (χ4v) is 2.61. The van der Waals surface area contributed by atoms with E-state index in [0.717, 1.165) is 8.96 Å². The molecule has 2 heterocycles. The number of nitrogens with zero attached hydrogens (tertiary/aromatic N) is 1. The third kappa shape index (κ3) is 1.69. The highest BCUT2D eigenvalue weighted by molar-refractivity contribution is 14.1. The smallest absolute Gasteiger partial charge is 0.342 e. The SMILES string of the molecule is COC(=O)c1c(Cl)nc2[nH]ccc2c1I. The molecule has 15 heavy (non-hydrogen) atoms. The molecule has 1 N–H and O–H groups in total. The third-order valence-corrected chi connectivity index (χ3v) is 3.38. The Labute approximate surface area is 104 Å². The van der Waals surface area contributed by atoms with Gasteiger partial charge in [0.25, 0.3) is 0 Å². The highest BCUT2D eigenvalue weighted by atomic mass is 127. The van der Waals surface area contributed by atoms with E-state index in [-0.39, 0.29) is 5.15 Å². The number of fused-ring (bicyclic) bond motifs is 1. The topological polar surface area (TPSA) is 55.0 Å². The Morgan fingerprint density at radius 2 is 2.40 bits per heavy atom. The fourth-order valence-electron chi connectivity index (χ4n) is 1.29. The Balaban J connectivity index is 2.78. The van der Waals surface area contributed by atoms with E-state index in [1.165, 1.54) is 7.11 Å². The van der Waals surface area contributed by atoms with Gasteiger partial charge in [0, 0.05) is 15.2 Å². The van der Waals surface area contributed by atoms with Gasteiger partial charge in [0.15, 0.2) is 0 Å². The molecule has 0 amide bonds. The summed E-state index contributed by atoms with van der Waals surface area (Å²) in [6.45, 7) is 0. The second kappa shape index (κ2) is 3.97. The number of aromatic nitrogens is 2. The molecule has 0 saturated carbocycles. The van der Waals surface area contributed by atoms with Gasteiger partial charge < -0.3 is 9.72 Å². The van der Waals surface area contributed by atoms with Crippen LogP contribution in [-0.2, 0) is 4.74 Å². The van der Waals surface area contributed by atoms with Crippen LogP contribution in [0.15, 0.2) is 12.3 Å². The highest BCUT2D eigenvalue weighted by Crippen LogP contribution is 2.27. The molecule has 2 aromatic heterocycles. The second-order valence-corrected chi connectivity index (χ2v) is 4.26. The standard InChI is InChI=1S/C9H6ClIN2O2/c1-15-9(14)5-6(11)4-2-3-12-8(4)13-7(5)10/h2-3H,1H3,(H,12,13). The molecule has 78 valence electrons. The number of hydrogen-bond acceptors (Lipinski definition) is 3. The van der Waals surface area contributed by atoms with Crippen LogP contribution in [-0.4, -0.2) is 23.0 Å². The zero-order chi connectivity index (χ0) is 11.0. The Morgan fingerprint density at radius 1 is 1.67 bits per heavy atom. The van der Waals surface area contributed by atoms with Crippen LogP contribution in [0.2, 0.25) is 5.15 Å². The summed E-state index contributed by atoms with van der Waals surface area (Å²) in [5.74, 6) is -0.472. The Morgan fingerprint density at radius 3 is 3.07 bits per heavy atom. The number of nitrogens with one attached hydrogen (secondary N) is 1. The largest absolute Gasteiger partial charge is 0.465 e. The molecule has 0 aliphatic heterocycles. The summed E-state index contributed by atoms with van der Waals surface area (Å²) < 4.78 is 5.39. The van der Waals surface area contributed by atoms with E-state index in [9.17, 15) is 4.79 Å². The van der Waals surface area contributed by atoms with Crippen LogP contribution in [0.3, 0.4) is 0 Å². The summed E-state index contributed by atoms with van der Waals surface area (Å²) in [6.07, 6.45) is 1.75. The lowest BCUT2D eigenvalue weighted by Gasteiger charge is -2.05. The number of aromatic amines is 1. The van der Waals surface area contributed by atoms with Gasteiger partial charge in [0.05, 0.1) is 7.11 Å². The van der Waals surface area contributed by atoms with Gasteiger partial charge in [-0.2, -0.15) is 0 Å². The first-order valence-electron chi connectivity index (χ1n) is 4.05. The number of carbonyl (C=O) groups is 1. The molecule has 0 bridgehead atoms. The third-order valence-electron chi connectivity index (χ3n) is 1.99. The molecule has 0 aliphatic carbocycles. The summed E-state index contributed by atoms with van der Waals surface area (Å²) in [5, 5.41) is 1.02. The fraction of sp³-hybridized carbons (Fsp3) is 0.111. The monoisotopic (exact) mass is 336 g/mol. The molecule has 0 saturated heterocycles. The molecular weight excluding hydrogens is 330 g/mol. The van der Waals surface area contributed by atoms with E-state index in [1.807, 2.05) is 6.07 Å². The van der Waals surface area contributed by atoms with Crippen LogP contribution < -0.4 is 0 Å². The second-order valence-electron chi connectivity index (χ2n) is 2.82. The van der Waals surface area contributed by atoms with Gasteiger partial charge >= 0.3 is 5.97 Å². The van der Waals surface area contributed by atoms with Crippen molar-refractivity contribution in [3.05, 3.63) is 26.5 Å². The number of hydrogen-bond donors (Lipinski definition) is 1. The molecule has 2 rings (SSSR count). The van der Waals surface area contributed by atoms with Crippen molar-refractivity contribution in [1.29, 1.82) is 0 Å². The number of H-pyrrole nitrogens is 1. The number of methoxy groups -OCH3 is 1. The van der Waals surface area contributed by atoms with E-state index in [2.05, 4.69) is 37.3 Å². The molecule has 2 aromatic rings. The zero-order valence-corrected chi connectivity index (χ0v) is 10.6. The molecule has 0 spiro atoms. The van der Waals surface area contributed by atoms with Crippen LogP contribution in [0.4, 0.5) is 0 Å². The van der Waals surface area contributed by atoms with Crippen molar-refractivity contribution in [1.82, 2.24) is 9.97 Å². The van der Waals surface area contributed by atoms with Crippen molar-refractivity contribution in [3.63, 3.8) is 0 Å². The van der Waals surface area contributed by atoms with Crippen molar-refractivity contribution in [2.75, 3.05) is 7.11 Å². The molecule has 0 aliphatic rings. The van der Waals surface area contributed by atoms with Crippen molar-refractivity contribution in [3.8, 4) is 0 Å². The van der Waals surface area contributed by atoms with Gasteiger partial charge in [-0.1, -0.05) is 11.6 Å². The maximum absolute atomic E-state index is 11.5. The Bertz CT molecular complexity index is 538. The van der Waals surface area contributed by atoms with Crippen molar-refractivity contribution < 1.29 is 9.53 Å². The number of rotatable bonds is 1. The lowest BCUT2D eigenvalue weighted by molar-refractivity contribution is 0.0599. The van der Waals surface area contributed by atoms with Crippen molar-refractivity contribution in [2.24, 2.45) is 0 Å². The van der Waals surface area contributed by atoms with E-state index in [4.69, 9.17) is 11.6 Å². The first kappa shape index (κ1) is 10.7. The molecule has 0 unspecified atom stereocenters. The molecule has 0 radical (unpaired) electrons. The predicted octanol–water partition coefficient (Wildman–Crippen LogP) is 2.61. The summed E-state index contributed by atoms with van der Waals surface area (Å²) in [4.78, 5) is 18.5. The molecule has 0 aromatic carbocycles. The Kier molecular flexibility index (Phi) is 2.83. The quantitative estimate of drug-likeness (QED) is 0.495. The summed E-state index contributed by atoms with van der Waals surface area (Å²) in [5.41, 5.74) is 0.976. The molecule has 6 heteroatoms. The minimum atomic E-state index is -0.472. The van der Waals surface area contributed by atoms with Crippen LogP contribution in [0, 0.1) is 3.57 Å². The maximum Gasteiger partial charge on any atom is 0.342 e. The van der Waals surface area contributed by atoms with Crippen LogP contribution in [0.1, 0.15) is 10.4 Å². The van der Waals surface area contributed by atoms with Crippen molar-refractivity contribution in [2.45, 2.75) is 0 Å². The number of pyridine rings is 1. The first-order valence-corrected chi connectivity index (χ1v) is 5.51. The van der Waals surface area contributed by atoms with E-state index in [1.54, 1.807) is 6.20 Å². The van der Waals surface area contributed by atoms with Gasteiger partial charge in [0.2, 0.25) is 0 Å². The normalized spacial score (nSPS) is 10.6. The first-order chi connectivity index (χ1) is 7.15. The van der Waals surface area contributed by atoms with E-state index >= 15 is 0 Å². The van der Waals surface area contributed by atoms with Crippen LogP contribution in [0.5, 0.6) is 0 Å². The number of carbonyl (C=O) groups excluding carboxylic acids is 1. The maximum atomic E-state index is 11.5.